The third kappa shape index (κ3) is 5.48. The smallest absolute Gasteiger partial charge is 0.338 e. The minimum absolute atomic E-state index is 0.0683. The van der Waals surface area contributed by atoms with Gasteiger partial charge in [0.25, 0.3) is 10.0 Å². The molecule has 35 heavy (non-hydrogen) atoms. The molecule has 1 saturated heterocycles. The van der Waals surface area contributed by atoms with E-state index in [1.807, 2.05) is 13.0 Å². The molecule has 0 saturated carbocycles. The highest BCUT2D eigenvalue weighted by Gasteiger charge is 2.29. The summed E-state index contributed by atoms with van der Waals surface area (Å²) in [6.45, 7) is 8.21. The molecule has 3 N–H and O–H groups in total. The van der Waals surface area contributed by atoms with E-state index in [1.54, 1.807) is 30.3 Å². The van der Waals surface area contributed by atoms with E-state index in [1.165, 1.54) is 6.42 Å². The molecule has 0 aromatic heterocycles. The molecular formula is C27H37N3O4S. The molecule has 2 aromatic carbocycles. The van der Waals surface area contributed by atoms with Crippen LogP contribution in [0.4, 0.5) is 11.4 Å². The number of hydrogen-bond acceptors (Lipinski definition) is 5. The van der Waals surface area contributed by atoms with Gasteiger partial charge in [-0.05, 0) is 94.2 Å². The first kappa shape index (κ1) is 25.5. The molecule has 0 radical (unpaired) electrons. The number of anilines is 2. The highest BCUT2D eigenvalue weighted by Crippen LogP contribution is 2.38. The molecular weight excluding hydrogens is 462 g/mol. The van der Waals surface area contributed by atoms with Crippen molar-refractivity contribution in [1.29, 1.82) is 0 Å². The zero-order valence-electron chi connectivity index (χ0n) is 20.9. The number of rotatable bonds is 9. The van der Waals surface area contributed by atoms with E-state index >= 15 is 0 Å². The van der Waals surface area contributed by atoms with Gasteiger partial charge in [0.15, 0.2) is 0 Å². The zero-order valence-corrected chi connectivity index (χ0v) is 21.7. The second kappa shape index (κ2) is 10.6. The van der Waals surface area contributed by atoms with E-state index in [0.717, 1.165) is 49.8 Å². The molecule has 0 spiro atoms. The van der Waals surface area contributed by atoms with Crippen LogP contribution in [-0.2, 0) is 16.4 Å². The summed E-state index contributed by atoms with van der Waals surface area (Å²) < 4.78 is 29.5. The van der Waals surface area contributed by atoms with Gasteiger partial charge < -0.3 is 10.4 Å². The molecule has 1 heterocycles. The standard InChI is InChI=1S/C27H37N3O4S/c1-18(2)30-17-7-10-21(30)15-16-28-22-11-4-5-12-24(22)35(33,34)29-23-14-13-20-9-6-8-19(3)25(20)26(23)27(31)32/h4-5,11-14,18-19,21,28-29H,6-10,15-17H2,1-3H3,(H,31,32)/t19?,21-/m0/s1. The maximum atomic E-state index is 13.5. The fourth-order valence-corrected chi connectivity index (χ4v) is 7.03. The van der Waals surface area contributed by atoms with Crippen LogP contribution < -0.4 is 10.0 Å². The molecule has 4 rings (SSSR count). The first-order valence-corrected chi connectivity index (χ1v) is 14.2. The van der Waals surface area contributed by atoms with Gasteiger partial charge in [0.1, 0.15) is 4.90 Å². The maximum Gasteiger partial charge on any atom is 0.338 e. The van der Waals surface area contributed by atoms with Crippen molar-refractivity contribution in [2.45, 2.75) is 82.2 Å². The third-order valence-corrected chi connectivity index (χ3v) is 8.85. The minimum Gasteiger partial charge on any atom is -0.478 e. The van der Waals surface area contributed by atoms with Gasteiger partial charge in [-0.2, -0.15) is 0 Å². The van der Waals surface area contributed by atoms with Gasteiger partial charge in [0, 0.05) is 18.6 Å². The van der Waals surface area contributed by atoms with Crippen molar-refractivity contribution in [3.8, 4) is 0 Å². The van der Waals surface area contributed by atoms with E-state index in [2.05, 4.69) is 28.8 Å². The predicted molar refractivity (Wildman–Crippen MR) is 140 cm³/mol. The number of benzene rings is 2. The van der Waals surface area contributed by atoms with Crippen molar-refractivity contribution < 1.29 is 18.3 Å². The number of fused-ring (bicyclic) bond motifs is 1. The Morgan fingerprint density at radius 2 is 1.89 bits per heavy atom. The van der Waals surface area contributed by atoms with E-state index in [-0.39, 0.29) is 22.1 Å². The molecule has 1 aliphatic heterocycles. The van der Waals surface area contributed by atoms with Gasteiger partial charge in [-0.15, -0.1) is 0 Å². The molecule has 2 aromatic rings. The zero-order chi connectivity index (χ0) is 25.2. The fourth-order valence-electron chi connectivity index (χ4n) is 5.77. The van der Waals surface area contributed by atoms with Crippen LogP contribution in [0.15, 0.2) is 41.3 Å². The van der Waals surface area contributed by atoms with E-state index in [9.17, 15) is 18.3 Å². The van der Waals surface area contributed by atoms with Gasteiger partial charge in [0.05, 0.1) is 16.9 Å². The van der Waals surface area contributed by atoms with Crippen molar-refractivity contribution in [2.24, 2.45) is 0 Å². The molecule has 190 valence electrons. The van der Waals surface area contributed by atoms with Crippen LogP contribution in [0.1, 0.15) is 80.3 Å². The summed E-state index contributed by atoms with van der Waals surface area (Å²) in [7, 11) is -4.00. The normalized spacial score (nSPS) is 20.6. The highest BCUT2D eigenvalue weighted by molar-refractivity contribution is 7.92. The Bertz CT molecular complexity index is 1180. The largest absolute Gasteiger partial charge is 0.478 e. The molecule has 0 bridgehead atoms. The topological polar surface area (TPSA) is 98.7 Å². The van der Waals surface area contributed by atoms with Crippen LogP contribution in [0.25, 0.3) is 0 Å². The van der Waals surface area contributed by atoms with Gasteiger partial charge in [0.2, 0.25) is 0 Å². The Balaban J connectivity index is 1.55. The van der Waals surface area contributed by atoms with Gasteiger partial charge in [-0.1, -0.05) is 25.1 Å². The molecule has 8 heteroatoms. The Kier molecular flexibility index (Phi) is 7.71. The summed E-state index contributed by atoms with van der Waals surface area (Å²) in [6.07, 6.45) is 6.01. The average molecular weight is 500 g/mol. The first-order chi connectivity index (χ1) is 16.7. The van der Waals surface area contributed by atoms with E-state index < -0.39 is 16.0 Å². The number of carboxylic acid groups (broad SMARTS) is 1. The number of aryl methyl sites for hydroxylation is 1. The number of carboxylic acids is 1. The number of hydrogen-bond donors (Lipinski definition) is 3. The summed E-state index contributed by atoms with van der Waals surface area (Å²) in [4.78, 5) is 14.8. The number of para-hydroxylation sites is 1. The summed E-state index contributed by atoms with van der Waals surface area (Å²) in [6, 6.07) is 11.3. The quantitative estimate of drug-likeness (QED) is 0.433. The lowest BCUT2D eigenvalue weighted by molar-refractivity contribution is 0.0696. The number of nitrogens with zero attached hydrogens (tertiary/aromatic N) is 1. The minimum atomic E-state index is -4.00. The van der Waals surface area contributed by atoms with Crippen LogP contribution in [0.3, 0.4) is 0 Å². The number of carbonyl (C=O) groups is 1. The van der Waals surface area contributed by atoms with Gasteiger partial charge in [-0.25, -0.2) is 13.2 Å². The summed E-state index contributed by atoms with van der Waals surface area (Å²) in [5, 5.41) is 13.3. The molecule has 7 nitrogen and oxygen atoms in total. The molecule has 1 unspecified atom stereocenters. The second-order valence-electron chi connectivity index (χ2n) is 10.1. The summed E-state index contributed by atoms with van der Waals surface area (Å²) in [5.74, 6) is -1.03. The van der Waals surface area contributed by atoms with E-state index in [0.29, 0.717) is 24.3 Å². The number of nitrogens with one attached hydrogen (secondary N) is 2. The van der Waals surface area contributed by atoms with Crippen molar-refractivity contribution in [2.75, 3.05) is 23.1 Å². The number of likely N-dealkylation sites (tertiary alicyclic amines) is 1. The number of sulfonamides is 1. The molecule has 1 fully saturated rings. The SMILES string of the molecule is CC1CCCc2ccc(NS(=O)(=O)c3ccccc3NCC[C@@H]3CCCN3C(C)C)c(C(=O)O)c21. The fraction of sp³-hybridized carbons (Fsp3) is 0.519. The average Bonchev–Trinajstić information content (AvgIpc) is 3.28. The molecule has 1 aliphatic carbocycles. The van der Waals surface area contributed by atoms with Gasteiger partial charge in [-0.3, -0.25) is 9.62 Å². The van der Waals surface area contributed by atoms with Crippen LogP contribution in [-0.4, -0.2) is 49.6 Å². The predicted octanol–water partition coefficient (Wildman–Crippen LogP) is 5.30. The Morgan fingerprint density at radius 1 is 1.11 bits per heavy atom. The van der Waals surface area contributed by atoms with Crippen LogP contribution in [0, 0.1) is 0 Å². The highest BCUT2D eigenvalue weighted by atomic mass is 32.2. The third-order valence-electron chi connectivity index (χ3n) is 7.43. The van der Waals surface area contributed by atoms with Crippen molar-refractivity contribution >= 4 is 27.4 Å². The van der Waals surface area contributed by atoms with Gasteiger partial charge >= 0.3 is 5.97 Å². The molecule has 2 atom stereocenters. The first-order valence-electron chi connectivity index (χ1n) is 12.7. The molecule has 0 amide bonds. The summed E-state index contributed by atoms with van der Waals surface area (Å²) in [5.41, 5.74) is 2.46. The van der Waals surface area contributed by atoms with Crippen LogP contribution in [0.5, 0.6) is 0 Å². The van der Waals surface area contributed by atoms with Crippen molar-refractivity contribution in [1.82, 2.24) is 4.90 Å². The van der Waals surface area contributed by atoms with E-state index in [4.69, 9.17) is 0 Å². The monoisotopic (exact) mass is 499 g/mol. The van der Waals surface area contributed by atoms with Crippen LogP contribution >= 0.6 is 0 Å². The molecule has 2 aliphatic rings. The van der Waals surface area contributed by atoms with Crippen molar-refractivity contribution in [3.05, 3.63) is 53.1 Å². The Hall–Kier alpha value is -2.58. The Labute approximate surface area is 209 Å². The lowest BCUT2D eigenvalue weighted by atomic mass is 9.80. The lowest BCUT2D eigenvalue weighted by Gasteiger charge is -2.28. The number of aromatic carboxylic acids is 1. The Morgan fingerprint density at radius 3 is 2.63 bits per heavy atom. The second-order valence-corrected chi connectivity index (χ2v) is 11.8. The lowest BCUT2D eigenvalue weighted by Crippen LogP contribution is -2.36. The van der Waals surface area contributed by atoms with Crippen molar-refractivity contribution in [3.63, 3.8) is 0 Å². The summed E-state index contributed by atoms with van der Waals surface area (Å²) >= 11 is 0. The van der Waals surface area contributed by atoms with Crippen LogP contribution in [0.2, 0.25) is 0 Å². The maximum absolute atomic E-state index is 13.5.